The first kappa shape index (κ1) is 14.1. The number of nitrogens with two attached hydrogens (primary N) is 1. The van der Waals surface area contributed by atoms with E-state index in [9.17, 15) is 4.79 Å². The molecular weight excluding hydrogens is 236 g/mol. The smallest absolute Gasteiger partial charge is 0.224 e. The molecule has 1 aromatic rings. The highest BCUT2D eigenvalue weighted by atomic mass is 16.2. The van der Waals surface area contributed by atoms with Gasteiger partial charge in [-0.25, -0.2) is 0 Å². The lowest BCUT2D eigenvalue weighted by molar-refractivity contribution is -0.127. The largest absolute Gasteiger partial charge is 0.347 e. The molecule has 0 heterocycles. The van der Waals surface area contributed by atoms with Crippen LogP contribution in [-0.4, -0.2) is 12.5 Å². The fourth-order valence-electron chi connectivity index (χ4n) is 2.99. The molecule has 0 unspecified atom stereocenters. The fourth-order valence-corrected chi connectivity index (χ4v) is 2.99. The molecule has 2 rings (SSSR count). The van der Waals surface area contributed by atoms with Crippen molar-refractivity contribution in [3.8, 4) is 0 Å². The molecule has 0 aliphatic heterocycles. The third-order valence-electron chi connectivity index (χ3n) is 4.23. The summed E-state index contributed by atoms with van der Waals surface area (Å²) < 4.78 is 0. The van der Waals surface area contributed by atoms with Crippen molar-refractivity contribution in [1.82, 2.24) is 5.32 Å². The Kier molecular flexibility index (Phi) is 4.25. The van der Waals surface area contributed by atoms with E-state index in [0.717, 1.165) is 24.8 Å². The van der Waals surface area contributed by atoms with Crippen LogP contribution >= 0.6 is 0 Å². The zero-order valence-electron chi connectivity index (χ0n) is 11.9. The molecule has 3 nitrogen and oxygen atoms in total. The molecule has 1 fully saturated rings. The monoisotopic (exact) mass is 260 g/mol. The number of benzene rings is 1. The Hall–Kier alpha value is -1.35. The molecule has 19 heavy (non-hydrogen) atoms. The number of hydrogen-bond acceptors (Lipinski definition) is 2. The normalized spacial score (nSPS) is 23.3. The van der Waals surface area contributed by atoms with Gasteiger partial charge in [-0.15, -0.1) is 0 Å². The maximum atomic E-state index is 12.4. The summed E-state index contributed by atoms with van der Waals surface area (Å²) >= 11 is 0. The lowest BCUT2D eigenvalue weighted by atomic mass is 9.90. The SMILES string of the molecule is CC(C)(NC(=O)[C@@H]1CCC[C@@H]1CN)c1ccccc1. The molecule has 1 saturated carbocycles. The predicted octanol–water partition coefficient (Wildman–Crippen LogP) is 2.41. The average Bonchev–Trinajstić information content (AvgIpc) is 2.87. The van der Waals surface area contributed by atoms with E-state index in [1.165, 1.54) is 0 Å². The van der Waals surface area contributed by atoms with Gasteiger partial charge in [0.25, 0.3) is 0 Å². The molecule has 3 N–H and O–H groups in total. The van der Waals surface area contributed by atoms with Gasteiger partial charge in [-0.3, -0.25) is 4.79 Å². The third-order valence-corrected chi connectivity index (χ3v) is 4.23. The summed E-state index contributed by atoms with van der Waals surface area (Å²) in [6.07, 6.45) is 3.17. The fraction of sp³-hybridized carbons (Fsp3) is 0.562. The van der Waals surface area contributed by atoms with Crippen LogP contribution in [0.1, 0.15) is 38.7 Å². The molecule has 0 saturated heterocycles. The van der Waals surface area contributed by atoms with E-state index >= 15 is 0 Å². The highest BCUT2D eigenvalue weighted by Crippen LogP contribution is 2.32. The summed E-state index contributed by atoms with van der Waals surface area (Å²) in [7, 11) is 0. The van der Waals surface area contributed by atoms with Crippen LogP contribution in [0.5, 0.6) is 0 Å². The topological polar surface area (TPSA) is 55.1 Å². The Morgan fingerprint density at radius 2 is 2.00 bits per heavy atom. The van der Waals surface area contributed by atoms with Crippen molar-refractivity contribution < 1.29 is 4.79 Å². The van der Waals surface area contributed by atoms with Crippen molar-refractivity contribution in [2.75, 3.05) is 6.54 Å². The Morgan fingerprint density at radius 1 is 1.32 bits per heavy atom. The lowest BCUT2D eigenvalue weighted by Crippen LogP contribution is -2.45. The molecule has 1 amide bonds. The van der Waals surface area contributed by atoms with Crippen LogP contribution in [0.25, 0.3) is 0 Å². The maximum absolute atomic E-state index is 12.4. The number of amides is 1. The van der Waals surface area contributed by atoms with Crippen molar-refractivity contribution >= 4 is 5.91 Å². The van der Waals surface area contributed by atoms with Crippen LogP contribution in [0.2, 0.25) is 0 Å². The molecule has 1 aliphatic rings. The van der Waals surface area contributed by atoms with E-state index in [-0.39, 0.29) is 17.4 Å². The van der Waals surface area contributed by atoms with Crippen LogP contribution in [0.4, 0.5) is 0 Å². The van der Waals surface area contributed by atoms with Crippen molar-refractivity contribution in [1.29, 1.82) is 0 Å². The predicted molar refractivity (Wildman–Crippen MR) is 77.5 cm³/mol. The minimum Gasteiger partial charge on any atom is -0.347 e. The second-order valence-corrected chi connectivity index (χ2v) is 6.01. The molecule has 2 atom stereocenters. The van der Waals surface area contributed by atoms with Gasteiger partial charge >= 0.3 is 0 Å². The van der Waals surface area contributed by atoms with Crippen molar-refractivity contribution in [2.45, 2.75) is 38.6 Å². The van der Waals surface area contributed by atoms with Crippen molar-refractivity contribution in [3.05, 3.63) is 35.9 Å². The van der Waals surface area contributed by atoms with Gasteiger partial charge < -0.3 is 11.1 Å². The van der Waals surface area contributed by atoms with Gasteiger partial charge in [0.1, 0.15) is 0 Å². The summed E-state index contributed by atoms with van der Waals surface area (Å²) in [5.74, 6) is 0.598. The van der Waals surface area contributed by atoms with Gasteiger partial charge in [0.2, 0.25) is 5.91 Å². The Morgan fingerprint density at radius 3 is 2.63 bits per heavy atom. The number of carbonyl (C=O) groups excluding carboxylic acids is 1. The van der Waals surface area contributed by atoms with Crippen LogP contribution in [0.3, 0.4) is 0 Å². The molecule has 0 spiro atoms. The van der Waals surface area contributed by atoms with Crippen LogP contribution < -0.4 is 11.1 Å². The zero-order valence-corrected chi connectivity index (χ0v) is 11.9. The standard InChI is InChI=1S/C16H24N2O/c1-16(2,13-8-4-3-5-9-13)18-15(19)14-10-6-7-12(14)11-17/h3-5,8-9,12,14H,6-7,10-11,17H2,1-2H3,(H,18,19)/t12-,14-/m1/s1. The highest BCUT2D eigenvalue weighted by molar-refractivity contribution is 5.80. The molecular formula is C16H24N2O. The van der Waals surface area contributed by atoms with Crippen LogP contribution in [0.15, 0.2) is 30.3 Å². The van der Waals surface area contributed by atoms with E-state index in [4.69, 9.17) is 5.73 Å². The number of carbonyl (C=O) groups is 1. The van der Waals surface area contributed by atoms with Gasteiger partial charge in [-0.1, -0.05) is 36.8 Å². The molecule has 1 aliphatic carbocycles. The molecule has 104 valence electrons. The van der Waals surface area contributed by atoms with Crippen LogP contribution in [-0.2, 0) is 10.3 Å². The van der Waals surface area contributed by atoms with Gasteiger partial charge in [-0.05, 0) is 44.7 Å². The quantitative estimate of drug-likeness (QED) is 0.873. The lowest BCUT2D eigenvalue weighted by Gasteiger charge is -2.29. The molecule has 0 aromatic heterocycles. The second-order valence-electron chi connectivity index (χ2n) is 6.01. The summed E-state index contributed by atoms with van der Waals surface area (Å²) in [6.45, 7) is 4.71. The van der Waals surface area contributed by atoms with Gasteiger partial charge in [0.05, 0.1) is 5.54 Å². The summed E-state index contributed by atoms with van der Waals surface area (Å²) in [4.78, 5) is 12.4. The van der Waals surface area contributed by atoms with E-state index in [1.54, 1.807) is 0 Å². The van der Waals surface area contributed by atoms with E-state index < -0.39 is 0 Å². The van der Waals surface area contributed by atoms with Crippen molar-refractivity contribution in [3.63, 3.8) is 0 Å². The van der Waals surface area contributed by atoms with Gasteiger partial charge in [0.15, 0.2) is 0 Å². The summed E-state index contributed by atoms with van der Waals surface area (Å²) in [5, 5.41) is 3.18. The average molecular weight is 260 g/mol. The Balaban J connectivity index is 2.06. The second kappa shape index (κ2) is 5.74. The highest BCUT2D eigenvalue weighted by Gasteiger charge is 2.34. The van der Waals surface area contributed by atoms with E-state index in [0.29, 0.717) is 12.5 Å². The third kappa shape index (κ3) is 3.16. The number of nitrogens with one attached hydrogen (secondary N) is 1. The van der Waals surface area contributed by atoms with Crippen molar-refractivity contribution in [2.24, 2.45) is 17.6 Å². The Labute approximate surface area is 115 Å². The molecule has 1 aromatic carbocycles. The minimum absolute atomic E-state index is 0.0907. The first-order valence-electron chi connectivity index (χ1n) is 7.12. The van der Waals surface area contributed by atoms with E-state index in [2.05, 4.69) is 17.4 Å². The number of rotatable bonds is 4. The van der Waals surface area contributed by atoms with E-state index in [1.807, 2.05) is 32.0 Å². The summed E-state index contributed by atoms with van der Waals surface area (Å²) in [5.41, 5.74) is 6.55. The molecule has 3 heteroatoms. The van der Waals surface area contributed by atoms with Gasteiger partial charge in [-0.2, -0.15) is 0 Å². The maximum Gasteiger partial charge on any atom is 0.224 e. The van der Waals surface area contributed by atoms with Gasteiger partial charge in [0, 0.05) is 5.92 Å². The number of hydrogen-bond donors (Lipinski definition) is 2. The molecule has 0 radical (unpaired) electrons. The zero-order chi connectivity index (χ0) is 13.9. The van der Waals surface area contributed by atoms with Crippen LogP contribution in [0, 0.1) is 11.8 Å². The minimum atomic E-state index is -0.333. The first-order valence-corrected chi connectivity index (χ1v) is 7.12. The summed E-state index contributed by atoms with van der Waals surface area (Å²) in [6, 6.07) is 10.1. The Bertz CT molecular complexity index is 428. The first-order chi connectivity index (χ1) is 9.04. The molecule has 0 bridgehead atoms.